The predicted octanol–water partition coefficient (Wildman–Crippen LogP) is 4.73. The van der Waals surface area contributed by atoms with Gasteiger partial charge in [-0.25, -0.2) is 4.79 Å². The number of carbonyl (C=O) groups excluding carboxylic acids is 2. The van der Waals surface area contributed by atoms with Gasteiger partial charge in [-0.15, -0.1) is 0 Å². The van der Waals surface area contributed by atoms with E-state index < -0.39 is 17.7 Å². The lowest BCUT2D eigenvalue weighted by molar-refractivity contribution is -0.119. The molecule has 0 heterocycles. The van der Waals surface area contributed by atoms with Gasteiger partial charge in [0.1, 0.15) is 11.8 Å². The van der Waals surface area contributed by atoms with E-state index in [0.29, 0.717) is 12.8 Å². The number of likely N-dealkylation sites (N-methyl/N-ethyl adjacent to an activating group) is 1. The summed E-state index contributed by atoms with van der Waals surface area (Å²) in [5.41, 5.74) is 3.48. The first kappa shape index (κ1) is 16.8. The van der Waals surface area contributed by atoms with Crippen LogP contribution in [0.2, 0.25) is 0 Å². The molecule has 0 radical (unpaired) electrons. The van der Waals surface area contributed by atoms with Crippen molar-refractivity contribution < 1.29 is 14.3 Å². The lowest BCUT2D eigenvalue weighted by atomic mass is 9.82. The molecule has 0 bridgehead atoms. The van der Waals surface area contributed by atoms with Crippen LogP contribution in [0.4, 0.5) is 4.79 Å². The third kappa shape index (κ3) is 2.61. The molecule has 2 aromatic rings. The van der Waals surface area contributed by atoms with Crippen molar-refractivity contribution in [2.75, 3.05) is 7.05 Å². The number of fused-ring (bicyclic) bond motifs is 3. The normalized spacial score (nSPS) is 17.9. The molecule has 0 aliphatic heterocycles. The molecule has 2 aromatic carbocycles. The maximum atomic E-state index is 12.9. The Morgan fingerprint density at radius 2 is 1.54 bits per heavy atom. The number of rotatable bonds is 3. The van der Waals surface area contributed by atoms with E-state index in [2.05, 4.69) is 12.1 Å². The van der Waals surface area contributed by atoms with Crippen molar-refractivity contribution in [1.82, 2.24) is 4.90 Å². The smallest absolute Gasteiger partial charge is 0.411 e. The van der Waals surface area contributed by atoms with E-state index in [9.17, 15) is 9.59 Å². The standard InChI is InChI=1S/C22H23NO3/c1-23(22(15-24)13-7-2-8-14-22)21(25)26-20-18-11-5-3-9-16(18)17-10-4-6-12-19(17)20/h3-6,9-12,15,20H,2,7-8,13-14H2,1H3. The number of benzene rings is 2. The van der Waals surface area contributed by atoms with Crippen LogP contribution in [0.15, 0.2) is 48.5 Å². The minimum absolute atomic E-state index is 0.426. The van der Waals surface area contributed by atoms with Crippen molar-refractivity contribution in [2.24, 2.45) is 0 Å². The Bertz CT molecular complexity index is 793. The van der Waals surface area contributed by atoms with Gasteiger partial charge in [-0.2, -0.15) is 0 Å². The van der Waals surface area contributed by atoms with Gasteiger partial charge in [0.2, 0.25) is 0 Å². The maximum absolute atomic E-state index is 12.9. The number of ether oxygens (including phenoxy) is 1. The largest absolute Gasteiger partial charge is 0.436 e. The summed E-state index contributed by atoms with van der Waals surface area (Å²) in [5, 5.41) is 0. The molecule has 26 heavy (non-hydrogen) atoms. The zero-order valence-electron chi connectivity index (χ0n) is 15.0. The summed E-state index contributed by atoms with van der Waals surface area (Å²) in [6.07, 6.45) is 4.53. The average Bonchev–Trinajstić information content (AvgIpc) is 3.02. The minimum atomic E-state index is -0.729. The zero-order chi connectivity index (χ0) is 18.1. The van der Waals surface area contributed by atoms with E-state index in [0.717, 1.165) is 47.8 Å². The summed E-state index contributed by atoms with van der Waals surface area (Å²) in [6.45, 7) is 0. The first-order valence-corrected chi connectivity index (χ1v) is 9.25. The van der Waals surface area contributed by atoms with E-state index in [-0.39, 0.29) is 0 Å². The van der Waals surface area contributed by atoms with Crippen LogP contribution < -0.4 is 0 Å². The van der Waals surface area contributed by atoms with Crippen molar-refractivity contribution >= 4 is 12.4 Å². The molecule has 4 nitrogen and oxygen atoms in total. The molecule has 0 saturated heterocycles. The Balaban J connectivity index is 1.63. The number of amides is 1. The summed E-state index contributed by atoms with van der Waals surface area (Å²) in [6, 6.07) is 16.0. The van der Waals surface area contributed by atoms with E-state index in [1.807, 2.05) is 36.4 Å². The van der Waals surface area contributed by atoms with Crippen LogP contribution in [0.5, 0.6) is 0 Å². The highest BCUT2D eigenvalue weighted by molar-refractivity contribution is 5.81. The number of hydrogen-bond acceptors (Lipinski definition) is 3. The first-order valence-electron chi connectivity index (χ1n) is 9.25. The minimum Gasteiger partial charge on any atom is -0.436 e. The molecule has 4 rings (SSSR count). The van der Waals surface area contributed by atoms with Gasteiger partial charge in [0.05, 0.1) is 0 Å². The highest BCUT2D eigenvalue weighted by Crippen LogP contribution is 2.45. The molecule has 2 aliphatic carbocycles. The fourth-order valence-corrected chi connectivity index (χ4v) is 4.29. The Labute approximate surface area is 153 Å². The van der Waals surface area contributed by atoms with Crippen LogP contribution in [0, 0.1) is 0 Å². The lowest BCUT2D eigenvalue weighted by Crippen LogP contribution is -2.52. The Kier molecular flexibility index (Phi) is 4.27. The summed E-state index contributed by atoms with van der Waals surface area (Å²) >= 11 is 0. The Hall–Kier alpha value is -2.62. The molecule has 134 valence electrons. The first-order chi connectivity index (χ1) is 12.7. The molecule has 0 spiro atoms. The second kappa shape index (κ2) is 6.60. The van der Waals surface area contributed by atoms with Crippen molar-refractivity contribution in [3.8, 4) is 11.1 Å². The van der Waals surface area contributed by atoms with Crippen LogP contribution >= 0.6 is 0 Å². The topological polar surface area (TPSA) is 46.6 Å². The van der Waals surface area contributed by atoms with Crippen molar-refractivity contribution in [3.63, 3.8) is 0 Å². The summed E-state index contributed by atoms with van der Waals surface area (Å²) < 4.78 is 5.93. The van der Waals surface area contributed by atoms with Gasteiger partial charge in [-0.1, -0.05) is 67.8 Å². The maximum Gasteiger partial charge on any atom is 0.411 e. The monoisotopic (exact) mass is 349 g/mol. The Morgan fingerprint density at radius 3 is 2.08 bits per heavy atom. The van der Waals surface area contributed by atoms with Crippen LogP contribution in [-0.4, -0.2) is 29.9 Å². The molecule has 0 atom stereocenters. The molecule has 4 heteroatoms. The van der Waals surface area contributed by atoms with E-state index in [1.165, 1.54) is 4.90 Å². The number of carbonyl (C=O) groups is 2. The second-order valence-electron chi connectivity index (χ2n) is 7.28. The lowest BCUT2D eigenvalue weighted by Gasteiger charge is -2.39. The third-order valence-corrected chi connectivity index (χ3v) is 5.88. The third-order valence-electron chi connectivity index (χ3n) is 5.88. The van der Waals surface area contributed by atoms with Gasteiger partial charge >= 0.3 is 6.09 Å². The van der Waals surface area contributed by atoms with Gasteiger partial charge in [0.25, 0.3) is 0 Å². The number of hydrogen-bond donors (Lipinski definition) is 0. The highest BCUT2D eigenvalue weighted by atomic mass is 16.6. The van der Waals surface area contributed by atoms with Gasteiger partial charge in [0.15, 0.2) is 6.10 Å². The fraction of sp³-hybridized carbons (Fsp3) is 0.364. The number of aldehydes is 1. The van der Waals surface area contributed by atoms with Crippen LogP contribution in [0.1, 0.15) is 49.3 Å². The highest BCUT2D eigenvalue weighted by Gasteiger charge is 2.41. The molecule has 1 amide bonds. The molecule has 1 fully saturated rings. The average molecular weight is 349 g/mol. The fourth-order valence-electron chi connectivity index (χ4n) is 4.29. The summed E-state index contributed by atoms with van der Waals surface area (Å²) in [4.78, 5) is 26.3. The Morgan fingerprint density at radius 1 is 1.00 bits per heavy atom. The molecular weight excluding hydrogens is 326 g/mol. The van der Waals surface area contributed by atoms with Crippen LogP contribution in [0.25, 0.3) is 11.1 Å². The summed E-state index contributed by atoms with van der Waals surface area (Å²) in [7, 11) is 1.69. The molecule has 0 N–H and O–H groups in total. The van der Waals surface area contributed by atoms with E-state index in [1.54, 1.807) is 7.05 Å². The quantitative estimate of drug-likeness (QED) is 0.753. The summed E-state index contributed by atoms with van der Waals surface area (Å²) in [5.74, 6) is 0. The van der Waals surface area contributed by atoms with Gasteiger partial charge in [-0.3, -0.25) is 4.90 Å². The molecule has 0 aromatic heterocycles. The molecule has 0 unspecified atom stereocenters. The second-order valence-corrected chi connectivity index (χ2v) is 7.28. The van der Waals surface area contributed by atoms with Gasteiger partial charge < -0.3 is 9.53 Å². The van der Waals surface area contributed by atoms with Crippen molar-refractivity contribution in [3.05, 3.63) is 59.7 Å². The van der Waals surface area contributed by atoms with Crippen molar-refractivity contribution in [1.29, 1.82) is 0 Å². The number of nitrogens with zero attached hydrogens (tertiary/aromatic N) is 1. The molecule has 1 saturated carbocycles. The molecule has 2 aliphatic rings. The van der Waals surface area contributed by atoms with Crippen LogP contribution in [-0.2, 0) is 9.53 Å². The molecular formula is C22H23NO3. The van der Waals surface area contributed by atoms with E-state index >= 15 is 0 Å². The van der Waals surface area contributed by atoms with Crippen molar-refractivity contribution in [2.45, 2.75) is 43.7 Å². The zero-order valence-corrected chi connectivity index (χ0v) is 15.0. The van der Waals surface area contributed by atoms with Crippen LogP contribution in [0.3, 0.4) is 0 Å². The van der Waals surface area contributed by atoms with E-state index in [4.69, 9.17) is 4.74 Å². The van der Waals surface area contributed by atoms with Gasteiger partial charge in [-0.05, 0) is 24.0 Å². The van der Waals surface area contributed by atoms with Gasteiger partial charge in [0, 0.05) is 18.2 Å². The predicted molar refractivity (Wildman–Crippen MR) is 99.8 cm³/mol. The SMILES string of the molecule is CN(C(=O)OC1c2ccccc2-c2ccccc21)C1(C=O)CCCCC1.